The summed E-state index contributed by atoms with van der Waals surface area (Å²) in [5.41, 5.74) is 2.38. The number of carboxylic acids is 1. The van der Waals surface area contributed by atoms with Crippen molar-refractivity contribution in [2.45, 2.75) is 19.8 Å². The normalized spacial score (nSPS) is 14.0. The molecule has 0 aliphatic heterocycles. The number of rotatable bonds is 4. The first-order valence-electron chi connectivity index (χ1n) is 8.10. The van der Waals surface area contributed by atoms with E-state index in [2.05, 4.69) is 0 Å². The molecule has 0 unspecified atom stereocenters. The van der Waals surface area contributed by atoms with E-state index in [9.17, 15) is 14.7 Å². The molecule has 0 atom stereocenters. The van der Waals surface area contributed by atoms with Crippen LogP contribution in [0.3, 0.4) is 0 Å². The van der Waals surface area contributed by atoms with Crippen LogP contribution in [0.15, 0.2) is 53.1 Å². The lowest BCUT2D eigenvalue weighted by molar-refractivity contribution is -0.136. The molecule has 26 heavy (non-hydrogen) atoms. The Balaban J connectivity index is 2.18. The van der Waals surface area contributed by atoms with Crippen molar-refractivity contribution in [3.63, 3.8) is 0 Å². The number of benzene rings is 1. The van der Waals surface area contributed by atoms with E-state index < -0.39 is 5.97 Å². The summed E-state index contributed by atoms with van der Waals surface area (Å²) < 4.78 is 6.81. The lowest BCUT2D eigenvalue weighted by atomic mass is 10.1. The van der Waals surface area contributed by atoms with Gasteiger partial charge in [0.25, 0.3) is 5.91 Å². The van der Waals surface area contributed by atoms with Crippen LogP contribution in [-0.4, -0.2) is 28.7 Å². The lowest BCUT2D eigenvalue weighted by Crippen LogP contribution is -2.14. The van der Waals surface area contributed by atoms with E-state index in [0.717, 1.165) is 0 Å². The minimum atomic E-state index is -0.952. The molecule has 6 heteroatoms. The molecular weight excluding hydrogens is 354 g/mol. The fraction of sp³-hybridized carbons (Fsp3) is 0.200. The number of ether oxygens (including phenoxy) is 1. The van der Waals surface area contributed by atoms with Gasteiger partial charge in [-0.3, -0.25) is 14.2 Å². The smallest absolute Gasteiger partial charge is 0.307 e. The van der Waals surface area contributed by atoms with Gasteiger partial charge in [-0.15, -0.1) is 0 Å². The zero-order chi connectivity index (χ0) is 18.8. The second-order valence-corrected chi connectivity index (χ2v) is 6.41. The third-order valence-electron chi connectivity index (χ3n) is 4.39. The standard InChI is InChI=1S/C20H18ClNO4/c1-12-16(11-19(23)24)17-10-15(26-2)8-9-18(17)22(12)20(25)13-4-3-5-14(21)7-6-13/h4-10H,3,11H2,1-2H3,(H,23,24). The van der Waals surface area contributed by atoms with Crippen molar-refractivity contribution in [2.24, 2.45) is 0 Å². The number of aromatic nitrogens is 1. The molecule has 0 radical (unpaired) electrons. The number of nitrogens with zero attached hydrogens (tertiary/aromatic N) is 1. The molecule has 1 aromatic carbocycles. The molecule has 0 spiro atoms. The van der Waals surface area contributed by atoms with Crippen molar-refractivity contribution in [1.82, 2.24) is 4.57 Å². The van der Waals surface area contributed by atoms with Gasteiger partial charge in [-0.1, -0.05) is 23.8 Å². The summed E-state index contributed by atoms with van der Waals surface area (Å²) in [6.07, 6.45) is 7.37. The zero-order valence-electron chi connectivity index (χ0n) is 14.5. The van der Waals surface area contributed by atoms with Gasteiger partial charge in [0.05, 0.1) is 19.0 Å². The molecule has 0 saturated carbocycles. The first-order chi connectivity index (χ1) is 12.4. The predicted molar refractivity (Wildman–Crippen MR) is 101 cm³/mol. The van der Waals surface area contributed by atoms with Gasteiger partial charge in [0.2, 0.25) is 0 Å². The highest BCUT2D eigenvalue weighted by Gasteiger charge is 2.22. The van der Waals surface area contributed by atoms with Gasteiger partial charge in [0.1, 0.15) is 5.75 Å². The Hall–Kier alpha value is -2.79. The van der Waals surface area contributed by atoms with Gasteiger partial charge in [0, 0.05) is 21.7 Å². The Kier molecular flexibility index (Phi) is 5.00. The van der Waals surface area contributed by atoms with Crippen LogP contribution in [0.2, 0.25) is 0 Å². The Morgan fingerprint density at radius 3 is 2.73 bits per heavy atom. The van der Waals surface area contributed by atoms with Crippen LogP contribution in [0, 0.1) is 6.92 Å². The third-order valence-corrected chi connectivity index (χ3v) is 4.67. The molecule has 3 rings (SSSR count). The van der Waals surface area contributed by atoms with Crippen LogP contribution >= 0.6 is 11.6 Å². The van der Waals surface area contributed by atoms with Gasteiger partial charge in [0.15, 0.2) is 0 Å². The molecule has 0 bridgehead atoms. The first-order valence-corrected chi connectivity index (χ1v) is 8.48. The number of halogens is 1. The second-order valence-electron chi connectivity index (χ2n) is 5.98. The van der Waals surface area contributed by atoms with E-state index in [4.69, 9.17) is 16.3 Å². The maximum Gasteiger partial charge on any atom is 0.307 e. The molecule has 1 heterocycles. The van der Waals surface area contributed by atoms with Crippen LogP contribution in [0.25, 0.3) is 10.9 Å². The maximum absolute atomic E-state index is 13.1. The third kappa shape index (κ3) is 3.30. The average Bonchev–Trinajstić information content (AvgIpc) is 2.75. The molecule has 0 fully saturated rings. The average molecular weight is 372 g/mol. The van der Waals surface area contributed by atoms with Crippen LogP contribution in [-0.2, 0) is 11.2 Å². The quantitative estimate of drug-likeness (QED) is 0.873. The van der Waals surface area contributed by atoms with Crippen LogP contribution < -0.4 is 4.74 Å². The monoisotopic (exact) mass is 371 g/mol. The van der Waals surface area contributed by atoms with Gasteiger partial charge in [-0.25, -0.2) is 0 Å². The number of hydrogen-bond donors (Lipinski definition) is 1. The van der Waals surface area contributed by atoms with Gasteiger partial charge in [-0.05, 0) is 49.3 Å². The number of carbonyl (C=O) groups is 2. The number of aliphatic carboxylic acids is 1. The van der Waals surface area contributed by atoms with Crippen molar-refractivity contribution in [3.8, 4) is 5.75 Å². The highest BCUT2D eigenvalue weighted by molar-refractivity contribution is 6.31. The molecule has 0 saturated heterocycles. The Morgan fingerprint density at radius 2 is 2.04 bits per heavy atom. The van der Waals surface area contributed by atoms with E-state index in [0.29, 0.717) is 44.9 Å². The molecule has 134 valence electrons. The van der Waals surface area contributed by atoms with E-state index in [1.165, 1.54) is 0 Å². The molecule has 1 aliphatic carbocycles. The van der Waals surface area contributed by atoms with Crippen molar-refractivity contribution in [3.05, 3.63) is 64.4 Å². The predicted octanol–water partition coefficient (Wildman–Crippen LogP) is 4.23. The molecule has 2 aromatic rings. The number of carboxylic acid groups (broad SMARTS) is 1. The summed E-state index contributed by atoms with van der Waals surface area (Å²) in [5.74, 6) is -0.560. The fourth-order valence-electron chi connectivity index (χ4n) is 3.12. The van der Waals surface area contributed by atoms with Gasteiger partial charge in [-0.2, -0.15) is 0 Å². The lowest BCUT2D eigenvalue weighted by Gasteiger charge is -2.08. The summed E-state index contributed by atoms with van der Waals surface area (Å²) in [4.78, 5) is 24.5. The number of methoxy groups -OCH3 is 1. The molecule has 1 N–H and O–H groups in total. The maximum atomic E-state index is 13.1. The molecule has 0 amide bonds. The number of hydrogen-bond acceptors (Lipinski definition) is 3. The highest BCUT2D eigenvalue weighted by Crippen LogP contribution is 2.31. The van der Waals surface area contributed by atoms with Crippen LogP contribution in [0.5, 0.6) is 5.75 Å². The summed E-state index contributed by atoms with van der Waals surface area (Å²) in [6, 6.07) is 5.29. The minimum Gasteiger partial charge on any atom is -0.497 e. The summed E-state index contributed by atoms with van der Waals surface area (Å²) in [7, 11) is 1.55. The topological polar surface area (TPSA) is 68.5 Å². The first kappa shape index (κ1) is 18.0. The highest BCUT2D eigenvalue weighted by atomic mass is 35.5. The van der Waals surface area contributed by atoms with Crippen molar-refractivity contribution in [1.29, 1.82) is 0 Å². The van der Waals surface area contributed by atoms with Crippen molar-refractivity contribution >= 4 is 34.4 Å². The summed E-state index contributed by atoms with van der Waals surface area (Å²) >= 11 is 6.00. The van der Waals surface area contributed by atoms with Gasteiger partial charge < -0.3 is 9.84 Å². The number of allylic oxidation sites excluding steroid dienone is 6. The van der Waals surface area contributed by atoms with Crippen molar-refractivity contribution < 1.29 is 19.4 Å². The van der Waals surface area contributed by atoms with Crippen LogP contribution in [0.1, 0.15) is 22.5 Å². The molecule has 5 nitrogen and oxygen atoms in total. The largest absolute Gasteiger partial charge is 0.497 e. The minimum absolute atomic E-state index is 0.169. The molecular formula is C20H18ClNO4. The van der Waals surface area contributed by atoms with E-state index in [-0.39, 0.29) is 12.3 Å². The number of carbonyl (C=O) groups excluding carboxylic acids is 1. The molecule has 1 aliphatic rings. The summed E-state index contributed by atoms with van der Waals surface area (Å²) in [6.45, 7) is 1.76. The van der Waals surface area contributed by atoms with Crippen LogP contribution in [0.4, 0.5) is 0 Å². The Bertz CT molecular complexity index is 995. The Morgan fingerprint density at radius 1 is 1.27 bits per heavy atom. The van der Waals surface area contributed by atoms with E-state index in [1.807, 2.05) is 6.08 Å². The van der Waals surface area contributed by atoms with Crippen molar-refractivity contribution in [2.75, 3.05) is 7.11 Å². The fourth-order valence-corrected chi connectivity index (χ4v) is 3.27. The SMILES string of the molecule is COc1ccc2c(c1)c(CC(=O)O)c(C)n2C(=O)C1=CCC=C(Cl)C=C1. The van der Waals surface area contributed by atoms with E-state index in [1.54, 1.807) is 55.0 Å². The zero-order valence-corrected chi connectivity index (χ0v) is 15.2. The second kappa shape index (κ2) is 7.22. The molecule has 1 aromatic heterocycles. The van der Waals surface area contributed by atoms with Gasteiger partial charge >= 0.3 is 5.97 Å². The number of fused-ring (bicyclic) bond motifs is 1. The summed E-state index contributed by atoms with van der Waals surface area (Å²) in [5, 5.41) is 10.5. The van der Waals surface area contributed by atoms with E-state index >= 15 is 0 Å². The Labute approximate surface area is 155 Å².